The Labute approximate surface area is 126 Å². The van der Waals surface area contributed by atoms with Crippen LogP contribution in [0, 0.1) is 6.92 Å². The van der Waals surface area contributed by atoms with Gasteiger partial charge in [0, 0.05) is 17.8 Å². The summed E-state index contributed by atoms with van der Waals surface area (Å²) in [5.74, 6) is 0.491. The van der Waals surface area contributed by atoms with Crippen LogP contribution in [0.25, 0.3) is 0 Å². The van der Waals surface area contributed by atoms with Gasteiger partial charge in [0.2, 0.25) is 0 Å². The predicted octanol–water partition coefficient (Wildman–Crippen LogP) is 4.28. The summed E-state index contributed by atoms with van der Waals surface area (Å²) in [4.78, 5) is 6.27. The monoisotopic (exact) mass is 288 g/mol. The van der Waals surface area contributed by atoms with Crippen LogP contribution in [0.4, 0.5) is 0 Å². The SMILES string of the molecule is CCNCc1sc(Cc2ccccc2C)nc1C(C)C. The smallest absolute Gasteiger partial charge is 0.0975 e. The Morgan fingerprint density at radius 2 is 2.00 bits per heavy atom. The van der Waals surface area contributed by atoms with Crippen LogP contribution in [-0.4, -0.2) is 11.5 Å². The third-order valence-electron chi connectivity index (χ3n) is 3.46. The van der Waals surface area contributed by atoms with E-state index in [1.165, 1.54) is 26.7 Å². The first-order chi connectivity index (χ1) is 9.61. The zero-order valence-corrected chi connectivity index (χ0v) is 13.7. The molecule has 0 fully saturated rings. The van der Waals surface area contributed by atoms with Gasteiger partial charge in [-0.1, -0.05) is 45.0 Å². The van der Waals surface area contributed by atoms with Crippen LogP contribution in [0.1, 0.15) is 53.4 Å². The van der Waals surface area contributed by atoms with Crippen molar-refractivity contribution in [2.45, 2.75) is 46.6 Å². The highest BCUT2D eigenvalue weighted by atomic mass is 32.1. The molecule has 1 heterocycles. The molecule has 0 saturated heterocycles. The van der Waals surface area contributed by atoms with Gasteiger partial charge in [-0.3, -0.25) is 0 Å². The van der Waals surface area contributed by atoms with Gasteiger partial charge in [0.1, 0.15) is 0 Å². The molecule has 0 aliphatic heterocycles. The summed E-state index contributed by atoms with van der Waals surface area (Å²) >= 11 is 1.86. The molecule has 3 heteroatoms. The molecule has 1 aromatic heterocycles. The van der Waals surface area contributed by atoms with Crippen molar-refractivity contribution < 1.29 is 0 Å². The van der Waals surface area contributed by atoms with Gasteiger partial charge in [-0.15, -0.1) is 11.3 Å². The number of rotatable bonds is 6. The molecule has 20 heavy (non-hydrogen) atoms. The van der Waals surface area contributed by atoms with Gasteiger partial charge in [-0.05, 0) is 30.5 Å². The Balaban J connectivity index is 2.22. The maximum Gasteiger partial charge on any atom is 0.0975 e. The topological polar surface area (TPSA) is 24.9 Å². The number of hydrogen-bond acceptors (Lipinski definition) is 3. The van der Waals surface area contributed by atoms with Crippen LogP contribution in [0.3, 0.4) is 0 Å². The van der Waals surface area contributed by atoms with E-state index in [0.29, 0.717) is 5.92 Å². The molecular weight excluding hydrogens is 264 g/mol. The molecule has 2 nitrogen and oxygen atoms in total. The van der Waals surface area contributed by atoms with Crippen LogP contribution in [0.5, 0.6) is 0 Å². The van der Waals surface area contributed by atoms with Crippen LogP contribution in [-0.2, 0) is 13.0 Å². The lowest BCUT2D eigenvalue weighted by atomic mass is 10.1. The summed E-state index contributed by atoms with van der Waals surface area (Å²) in [5.41, 5.74) is 3.99. The van der Waals surface area contributed by atoms with E-state index in [1.54, 1.807) is 0 Å². The van der Waals surface area contributed by atoms with Crippen molar-refractivity contribution >= 4 is 11.3 Å². The van der Waals surface area contributed by atoms with Gasteiger partial charge in [-0.25, -0.2) is 4.98 Å². The quantitative estimate of drug-likeness (QED) is 0.858. The van der Waals surface area contributed by atoms with Crippen molar-refractivity contribution in [1.82, 2.24) is 10.3 Å². The molecule has 0 radical (unpaired) electrons. The summed E-state index contributed by atoms with van der Waals surface area (Å²) in [6, 6.07) is 8.58. The first-order valence-corrected chi connectivity index (χ1v) is 8.17. The zero-order chi connectivity index (χ0) is 14.5. The molecule has 0 atom stereocenters. The molecule has 0 amide bonds. The third-order valence-corrected chi connectivity index (χ3v) is 4.53. The Morgan fingerprint density at radius 1 is 1.25 bits per heavy atom. The molecule has 0 aliphatic carbocycles. The van der Waals surface area contributed by atoms with Crippen LogP contribution >= 0.6 is 11.3 Å². The van der Waals surface area contributed by atoms with Crippen molar-refractivity contribution in [1.29, 1.82) is 0 Å². The molecule has 1 N–H and O–H groups in total. The molecule has 0 aliphatic rings. The number of nitrogens with zero attached hydrogens (tertiary/aromatic N) is 1. The van der Waals surface area contributed by atoms with Crippen LogP contribution in [0.2, 0.25) is 0 Å². The summed E-state index contributed by atoms with van der Waals surface area (Å²) in [5, 5.41) is 4.65. The lowest BCUT2D eigenvalue weighted by Gasteiger charge is -2.04. The highest BCUT2D eigenvalue weighted by molar-refractivity contribution is 7.11. The Hall–Kier alpha value is -1.19. The maximum absolute atomic E-state index is 4.88. The van der Waals surface area contributed by atoms with E-state index in [-0.39, 0.29) is 0 Å². The van der Waals surface area contributed by atoms with E-state index in [9.17, 15) is 0 Å². The van der Waals surface area contributed by atoms with E-state index in [1.807, 2.05) is 11.3 Å². The van der Waals surface area contributed by atoms with Crippen molar-refractivity contribution in [3.05, 3.63) is 51.0 Å². The number of benzene rings is 1. The second-order valence-corrected chi connectivity index (χ2v) is 6.62. The fourth-order valence-corrected chi connectivity index (χ4v) is 3.49. The van der Waals surface area contributed by atoms with Gasteiger partial charge in [0.25, 0.3) is 0 Å². The van der Waals surface area contributed by atoms with Gasteiger partial charge < -0.3 is 5.32 Å². The predicted molar refractivity (Wildman–Crippen MR) is 87.6 cm³/mol. The lowest BCUT2D eigenvalue weighted by Crippen LogP contribution is -2.12. The maximum atomic E-state index is 4.88. The van der Waals surface area contributed by atoms with Crippen LogP contribution in [0.15, 0.2) is 24.3 Å². The highest BCUT2D eigenvalue weighted by Crippen LogP contribution is 2.27. The molecule has 0 unspecified atom stereocenters. The molecular formula is C17H24N2S. The van der Waals surface area contributed by atoms with Crippen LogP contribution < -0.4 is 5.32 Å². The summed E-state index contributed by atoms with van der Waals surface area (Å²) in [6.07, 6.45) is 0.948. The molecule has 1 aromatic carbocycles. The Morgan fingerprint density at radius 3 is 2.65 bits per heavy atom. The standard InChI is InChI=1S/C17H24N2S/c1-5-18-11-15-17(12(2)3)19-16(20-15)10-14-9-7-6-8-13(14)4/h6-9,12,18H,5,10-11H2,1-4H3. The molecule has 108 valence electrons. The minimum atomic E-state index is 0.491. The second kappa shape index (κ2) is 7.00. The number of aromatic nitrogens is 1. The highest BCUT2D eigenvalue weighted by Gasteiger charge is 2.14. The minimum Gasteiger partial charge on any atom is -0.312 e. The number of aryl methyl sites for hydroxylation is 1. The van der Waals surface area contributed by atoms with Gasteiger partial charge >= 0.3 is 0 Å². The third kappa shape index (κ3) is 3.68. The summed E-state index contributed by atoms with van der Waals surface area (Å²) in [6.45, 7) is 10.7. The van der Waals surface area contributed by atoms with E-state index < -0.39 is 0 Å². The molecule has 2 aromatic rings. The first kappa shape index (κ1) is 15.2. The molecule has 2 rings (SSSR count). The summed E-state index contributed by atoms with van der Waals surface area (Å²) < 4.78 is 0. The largest absolute Gasteiger partial charge is 0.312 e. The molecule has 0 bridgehead atoms. The normalized spacial score (nSPS) is 11.2. The van der Waals surface area contributed by atoms with Gasteiger partial charge in [0.15, 0.2) is 0 Å². The fourth-order valence-electron chi connectivity index (χ4n) is 2.28. The van der Waals surface area contributed by atoms with Gasteiger partial charge in [-0.2, -0.15) is 0 Å². The fraction of sp³-hybridized carbons (Fsp3) is 0.471. The van der Waals surface area contributed by atoms with E-state index >= 15 is 0 Å². The first-order valence-electron chi connectivity index (χ1n) is 7.35. The van der Waals surface area contributed by atoms with Crippen molar-refractivity contribution in [3.8, 4) is 0 Å². The van der Waals surface area contributed by atoms with Crippen molar-refractivity contribution in [2.75, 3.05) is 6.54 Å². The van der Waals surface area contributed by atoms with Crippen molar-refractivity contribution in [3.63, 3.8) is 0 Å². The average Bonchev–Trinajstić information content (AvgIpc) is 2.82. The summed E-state index contributed by atoms with van der Waals surface area (Å²) in [7, 11) is 0. The zero-order valence-electron chi connectivity index (χ0n) is 12.9. The van der Waals surface area contributed by atoms with E-state index in [2.05, 4.69) is 57.3 Å². The minimum absolute atomic E-state index is 0.491. The molecule has 0 spiro atoms. The second-order valence-electron chi connectivity index (χ2n) is 5.45. The van der Waals surface area contributed by atoms with Crippen molar-refractivity contribution in [2.24, 2.45) is 0 Å². The number of hydrogen-bond donors (Lipinski definition) is 1. The number of thiazole rings is 1. The van der Waals surface area contributed by atoms with E-state index in [4.69, 9.17) is 4.98 Å². The average molecular weight is 288 g/mol. The molecule has 0 saturated carbocycles. The van der Waals surface area contributed by atoms with E-state index in [0.717, 1.165) is 19.5 Å². The Kier molecular flexibility index (Phi) is 5.32. The van der Waals surface area contributed by atoms with Gasteiger partial charge in [0.05, 0.1) is 10.7 Å². The lowest BCUT2D eigenvalue weighted by molar-refractivity contribution is 0.713. The number of nitrogens with one attached hydrogen (secondary N) is 1. The Bertz CT molecular complexity index is 558.